The van der Waals surface area contributed by atoms with Crippen molar-refractivity contribution in [3.63, 3.8) is 0 Å². The first-order valence-corrected chi connectivity index (χ1v) is 13.9. The standard InChI is InChI=1S/C31H27F3N4O2S/c1-20-16-25(21(2)38(20)27-11-7-6-10-26(27)31(32,33)34)17-35-36-29(40)23-12-14-24(15-13-23)30-37(28(39)19-41-30)18-22-8-4-3-5-9-22/h3-17,30H,18-19H2,1-2H3,(H,36,40). The molecule has 1 unspecified atom stereocenters. The first-order chi connectivity index (χ1) is 19.6. The van der Waals surface area contributed by atoms with Gasteiger partial charge >= 0.3 is 6.18 Å². The van der Waals surface area contributed by atoms with Crippen molar-refractivity contribution in [2.75, 3.05) is 5.75 Å². The first-order valence-electron chi connectivity index (χ1n) is 12.9. The van der Waals surface area contributed by atoms with Gasteiger partial charge in [-0.2, -0.15) is 18.3 Å². The van der Waals surface area contributed by atoms with Gasteiger partial charge in [0.05, 0.1) is 23.2 Å². The Bertz CT molecular complexity index is 1600. The molecule has 4 aromatic rings. The molecule has 41 heavy (non-hydrogen) atoms. The summed E-state index contributed by atoms with van der Waals surface area (Å²) >= 11 is 1.55. The van der Waals surface area contributed by atoms with Crippen LogP contribution in [0.25, 0.3) is 5.69 Å². The van der Waals surface area contributed by atoms with Gasteiger partial charge in [-0.15, -0.1) is 11.8 Å². The molecule has 0 spiro atoms. The first kappa shape index (κ1) is 28.2. The molecule has 2 amide bonds. The molecule has 0 aliphatic carbocycles. The summed E-state index contributed by atoms with van der Waals surface area (Å²) in [6.07, 6.45) is -3.08. The van der Waals surface area contributed by atoms with E-state index in [2.05, 4.69) is 10.5 Å². The second kappa shape index (κ2) is 11.7. The van der Waals surface area contributed by atoms with Gasteiger partial charge in [0, 0.05) is 29.1 Å². The van der Waals surface area contributed by atoms with Crippen molar-refractivity contribution in [3.05, 3.63) is 124 Å². The number of rotatable bonds is 7. The van der Waals surface area contributed by atoms with Gasteiger partial charge in [0.1, 0.15) is 5.37 Å². The number of amides is 2. The van der Waals surface area contributed by atoms with Crippen LogP contribution in [0.4, 0.5) is 13.2 Å². The SMILES string of the molecule is Cc1cc(C=NNC(=O)c2ccc(C3SCC(=O)N3Cc3ccccc3)cc2)c(C)n1-c1ccccc1C(F)(F)F. The third-order valence-electron chi connectivity index (χ3n) is 6.91. The molecular formula is C31H27F3N4O2S. The maximum atomic E-state index is 13.6. The number of aromatic nitrogens is 1. The molecule has 6 nitrogen and oxygen atoms in total. The van der Waals surface area contributed by atoms with E-state index in [1.165, 1.54) is 22.9 Å². The number of aryl methyl sites for hydroxylation is 1. The van der Waals surface area contributed by atoms with E-state index in [-0.39, 0.29) is 17.0 Å². The van der Waals surface area contributed by atoms with Crippen molar-refractivity contribution in [1.29, 1.82) is 0 Å². The van der Waals surface area contributed by atoms with Gasteiger partial charge in [-0.05, 0) is 55.3 Å². The highest BCUT2D eigenvalue weighted by atomic mass is 32.2. The largest absolute Gasteiger partial charge is 0.418 e. The maximum Gasteiger partial charge on any atom is 0.418 e. The van der Waals surface area contributed by atoms with Gasteiger partial charge in [0.15, 0.2) is 0 Å². The van der Waals surface area contributed by atoms with Crippen LogP contribution in [-0.2, 0) is 17.5 Å². The van der Waals surface area contributed by atoms with E-state index in [0.717, 1.165) is 17.2 Å². The maximum absolute atomic E-state index is 13.6. The van der Waals surface area contributed by atoms with Gasteiger partial charge in [-0.3, -0.25) is 9.59 Å². The molecule has 1 aliphatic heterocycles. The summed E-state index contributed by atoms with van der Waals surface area (Å²) in [5, 5.41) is 3.91. The number of halogens is 3. The number of carbonyl (C=O) groups is 2. The van der Waals surface area contributed by atoms with Crippen LogP contribution in [0.2, 0.25) is 0 Å². The molecule has 3 aromatic carbocycles. The van der Waals surface area contributed by atoms with E-state index in [4.69, 9.17) is 0 Å². The minimum Gasteiger partial charge on any atom is -0.322 e. The third-order valence-corrected chi connectivity index (χ3v) is 8.17. The van der Waals surface area contributed by atoms with Crippen molar-refractivity contribution < 1.29 is 22.8 Å². The number of hydrogen-bond donors (Lipinski definition) is 1. The van der Waals surface area contributed by atoms with Crippen molar-refractivity contribution >= 4 is 29.8 Å². The van der Waals surface area contributed by atoms with Crippen LogP contribution in [0.1, 0.15) is 49.4 Å². The lowest BCUT2D eigenvalue weighted by Gasteiger charge is -2.24. The van der Waals surface area contributed by atoms with Crippen LogP contribution >= 0.6 is 11.8 Å². The number of alkyl halides is 3. The van der Waals surface area contributed by atoms with Crippen molar-refractivity contribution in [3.8, 4) is 5.69 Å². The summed E-state index contributed by atoms with van der Waals surface area (Å²) in [5.41, 5.74) is 5.89. The number of carbonyl (C=O) groups excluding carboxylic acids is 2. The monoisotopic (exact) mass is 576 g/mol. The summed E-state index contributed by atoms with van der Waals surface area (Å²) in [7, 11) is 0. The van der Waals surface area contributed by atoms with E-state index in [1.807, 2.05) is 47.4 Å². The van der Waals surface area contributed by atoms with Crippen molar-refractivity contribution in [2.24, 2.45) is 5.10 Å². The lowest BCUT2D eigenvalue weighted by Crippen LogP contribution is -2.27. The Hall–Kier alpha value is -4.31. The van der Waals surface area contributed by atoms with Gasteiger partial charge in [0.2, 0.25) is 5.91 Å². The van der Waals surface area contributed by atoms with Crippen LogP contribution in [0, 0.1) is 13.8 Å². The van der Waals surface area contributed by atoms with Gasteiger partial charge < -0.3 is 9.47 Å². The molecule has 1 atom stereocenters. The minimum absolute atomic E-state index is 0.0308. The number of para-hydroxylation sites is 1. The van der Waals surface area contributed by atoms with E-state index < -0.39 is 17.6 Å². The summed E-state index contributed by atoms with van der Waals surface area (Å²) in [6.45, 7) is 3.93. The molecule has 2 heterocycles. The summed E-state index contributed by atoms with van der Waals surface area (Å²) in [4.78, 5) is 27.1. The van der Waals surface area contributed by atoms with Gasteiger partial charge in [-0.1, -0.05) is 54.6 Å². The normalized spacial score (nSPS) is 15.6. The smallest absolute Gasteiger partial charge is 0.322 e. The van der Waals surface area contributed by atoms with Crippen molar-refractivity contribution in [1.82, 2.24) is 14.9 Å². The number of hydrogen-bond acceptors (Lipinski definition) is 4. The van der Waals surface area contributed by atoms with Crippen LogP contribution in [0.15, 0.2) is 90.0 Å². The number of hydrazone groups is 1. The minimum atomic E-state index is -4.50. The fourth-order valence-electron chi connectivity index (χ4n) is 4.90. The van der Waals surface area contributed by atoms with Gasteiger partial charge in [0.25, 0.3) is 5.91 Å². The predicted molar refractivity (Wildman–Crippen MR) is 154 cm³/mol. The fraction of sp³-hybridized carbons (Fsp3) is 0.194. The summed E-state index contributed by atoms with van der Waals surface area (Å²) in [5.74, 6) is 0.0400. The average Bonchev–Trinajstić information content (AvgIpc) is 3.46. The van der Waals surface area contributed by atoms with Crippen LogP contribution in [0.3, 0.4) is 0 Å². The van der Waals surface area contributed by atoms with Crippen molar-refractivity contribution in [2.45, 2.75) is 31.9 Å². The lowest BCUT2D eigenvalue weighted by molar-refractivity contribution is -0.137. The zero-order valence-electron chi connectivity index (χ0n) is 22.4. The quantitative estimate of drug-likeness (QED) is 0.198. The second-order valence-corrected chi connectivity index (χ2v) is 10.7. The van der Waals surface area contributed by atoms with E-state index in [9.17, 15) is 22.8 Å². The molecule has 1 N–H and O–H groups in total. The topological polar surface area (TPSA) is 66.7 Å². The molecule has 210 valence electrons. The number of thioether (sulfide) groups is 1. The highest BCUT2D eigenvalue weighted by Crippen LogP contribution is 2.39. The molecule has 1 aliphatic rings. The predicted octanol–water partition coefficient (Wildman–Crippen LogP) is 6.65. The summed E-state index contributed by atoms with van der Waals surface area (Å²) in [6, 6.07) is 23.9. The molecule has 5 rings (SSSR count). The molecule has 1 saturated heterocycles. The molecular weight excluding hydrogens is 549 g/mol. The van der Waals surface area contributed by atoms with Crippen LogP contribution < -0.4 is 5.43 Å². The molecule has 0 saturated carbocycles. The number of benzene rings is 3. The Balaban J connectivity index is 1.27. The molecule has 0 bridgehead atoms. The van der Waals surface area contributed by atoms with E-state index in [0.29, 0.717) is 34.8 Å². The van der Waals surface area contributed by atoms with Crippen LogP contribution in [0.5, 0.6) is 0 Å². The zero-order chi connectivity index (χ0) is 29.1. The Labute approximate surface area is 239 Å². The Morgan fingerprint density at radius 3 is 2.41 bits per heavy atom. The molecule has 1 aromatic heterocycles. The summed E-state index contributed by atoms with van der Waals surface area (Å²) < 4.78 is 42.3. The highest BCUT2D eigenvalue weighted by molar-refractivity contribution is 8.00. The third kappa shape index (κ3) is 6.07. The van der Waals surface area contributed by atoms with Crippen LogP contribution in [-0.4, -0.2) is 33.2 Å². The Morgan fingerprint density at radius 2 is 1.71 bits per heavy atom. The second-order valence-electron chi connectivity index (χ2n) is 9.67. The highest BCUT2D eigenvalue weighted by Gasteiger charge is 2.34. The average molecular weight is 577 g/mol. The molecule has 0 radical (unpaired) electrons. The zero-order valence-corrected chi connectivity index (χ0v) is 23.2. The van der Waals surface area contributed by atoms with E-state index >= 15 is 0 Å². The Kier molecular flexibility index (Phi) is 8.03. The Morgan fingerprint density at radius 1 is 1.02 bits per heavy atom. The molecule has 10 heteroatoms. The lowest BCUT2D eigenvalue weighted by atomic mass is 10.1. The number of nitrogens with zero attached hydrogens (tertiary/aromatic N) is 3. The van der Waals surface area contributed by atoms with Gasteiger partial charge in [-0.25, -0.2) is 5.43 Å². The van der Waals surface area contributed by atoms with E-state index in [1.54, 1.807) is 49.9 Å². The number of nitrogens with one attached hydrogen (secondary N) is 1. The fourth-order valence-corrected chi connectivity index (χ4v) is 6.09. The molecule has 1 fully saturated rings.